The van der Waals surface area contributed by atoms with Gasteiger partial charge < -0.3 is 5.48 Å². The first kappa shape index (κ1) is 10.1. The van der Waals surface area contributed by atoms with Crippen molar-refractivity contribution in [1.29, 1.82) is 0 Å². The van der Waals surface area contributed by atoms with E-state index in [2.05, 4.69) is 36.4 Å². The summed E-state index contributed by atoms with van der Waals surface area (Å²) in [5.74, 6) is 0. The van der Waals surface area contributed by atoms with E-state index in [-0.39, 0.29) is 5.48 Å². The Morgan fingerprint density at radius 1 is 1.18 bits per heavy atom. The summed E-state index contributed by atoms with van der Waals surface area (Å²) in [6, 6.07) is 11.6. The highest BCUT2D eigenvalue weighted by atomic mass is 28.1. The minimum Gasteiger partial charge on any atom is -0.412 e. The van der Waals surface area contributed by atoms with Gasteiger partial charge in [-0.3, -0.25) is 0 Å². The van der Waals surface area contributed by atoms with Gasteiger partial charge in [-0.2, -0.15) is 0 Å². The number of hydrogen-bond donors (Lipinski definition) is 0. The normalized spacial score (nSPS) is 9.82. The molecule has 0 bridgehead atoms. The molecular weight excluding hydrogens is 152 g/mol. The number of rotatable bonds is 2. The van der Waals surface area contributed by atoms with Gasteiger partial charge in [0, 0.05) is 10.2 Å². The molecule has 0 aromatic heterocycles. The molecule has 2 heteroatoms. The van der Waals surface area contributed by atoms with Gasteiger partial charge in [0.2, 0.25) is 0 Å². The molecule has 0 saturated heterocycles. The largest absolute Gasteiger partial charge is 0.412 e. The van der Waals surface area contributed by atoms with E-state index in [1.54, 1.807) is 0 Å². The van der Waals surface area contributed by atoms with E-state index in [1.807, 2.05) is 6.07 Å². The monoisotopic (exact) mass is 166 g/mol. The van der Waals surface area contributed by atoms with E-state index in [0.717, 1.165) is 0 Å². The summed E-state index contributed by atoms with van der Waals surface area (Å²) in [5.41, 5.74) is 1.30. The number of hydrogen-bond acceptors (Lipinski definition) is 0. The lowest BCUT2D eigenvalue weighted by Gasteiger charge is -1.88. The SMILES string of the molecule is O.[SiH3]CC=Cc1ccccc1. The maximum Gasteiger partial charge on any atom is 0.00756 e. The molecule has 1 nitrogen and oxygen atoms in total. The Balaban J connectivity index is 0.000001000. The maximum atomic E-state index is 2.22. The van der Waals surface area contributed by atoms with Crippen LogP contribution in [-0.4, -0.2) is 15.7 Å². The highest BCUT2D eigenvalue weighted by Crippen LogP contribution is 2.00. The molecule has 60 valence electrons. The average Bonchev–Trinajstić information content (AvgIpc) is 2.03. The van der Waals surface area contributed by atoms with E-state index in [0.29, 0.717) is 0 Å². The van der Waals surface area contributed by atoms with Gasteiger partial charge in [0.1, 0.15) is 0 Å². The second-order valence-corrected chi connectivity index (χ2v) is 3.04. The van der Waals surface area contributed by atoms with Crippen LogP contribution in [0.4, 0.5) is 0 Å². The molecule has 0 unspecified atom stereocenters. The molecule has 11 heavy (non-hydrogen) atoms. The first-order valence-corrected chi connectivity index (χ1v) is 5.06. The summed E-state index contributed by atoms with van der Waals surface area (Å²) in [7, 11) is 1.26. The molecule has 2 N–H and O–H groups in total. The van der Waals surface area contributed by atoms with Gasteiger partial charge >= 0.3 is 0 Å². The van der Waals surface area contributed by atoms with Crippen LogP contribution in [0.5, 0.6) is 0 Å². The lowest BCUT2D eigenvalue weighted by molar-refractivity contribution is 0.824. The Morgan fingerprint density at radius 3 is 2.36 bits per heavy atom. The smallest absolute Gasteiger partial charge is 0.00756 e. The lowest BCUT2D eigenvalue weighted by Crippen LogP contribution is -1.67. The Kier molecular flexibility index (Phi) is 5.43. The molecule has 0 heterocycles. The third kappa shape index (κ3) is 3.75. The minimum absolute atomic E-state index is 0. The molecule has 1 aromatic rings. The zero-order valence-corrected chi connectivity index (χ0v) is 8.75. The van der Waals surface area contributed by atoms with Crippen LogP contribution in [-0.2, 0) is 0 Å². The zero-order chi connectivity index (χ0) is 7.23. The minimum atomic E-state index is 0. The van der Waals surface area contributed by atoms with Gasteiger partial charge in [0.25, 0.3) is 0 Å². The van der Waals surface area contributed by atoms with E-state index >= 15 is 0 Å². The Bertz CT molecular complexity index is 206. The van der Waals surface area contributed by atoms with Crippen LogP contribution in [0.3, 0.4) is 0 Å². The molecule has 0 amide bonds. The molecule has 1 aromatic carbocycles. The van der Waals surface area contributed by atoms with Crippen molar-refractivity contribution in [2.24, 2.45) is 0 Å². The van der Waals surface area contributed by atoms with Crippen molar-refractivity contribution in [2.45, 2.75) is 6.04 Å². The van der Waals surface area contributed by atoms with Crippen molar-refractivity contribution in [1.82, 2.24) is 0 Å². The van der Waals surface area contributed by atoms with Crippen molar-refractivity contribution in [2.75, 3.05) is 0 Å². The van der Waals surface area contributed by atoms with Crippen molar-refractivity contribution < 1.29 is 5.48 Å². The van der Waals surface area contributed by atoms with Crippen LogP contribution in [0, 0.1) is 0 Å². The summed E-state index contributed by atoms with van der Waals surface area (Å²) in [6.07, 6.45) is 4.40. The first-order valence-electron chi connectivity index (χ1n) is 3.65. The average molecular weight is 166 g/mol. The van der Waals surface area contributed by atoms with Crippen LogP contribution in [0.2, 0.25) is 6.04 Å². The Labute approximate surface area is 70.5 Å². The fourth-order valence-electron chi connectivity index (χ4n) is 0.818. The lowest BCUT2D eigenvalue weighted by atomic mass is 10.2. The summed E-state index contributed by atoms with van der Waals surface area (Å²) in [5, 5.41) is 0. The van der Waals surface area contributed by atoms with Crippen LogP contribution in [0.15, 0.2) is 36.4 Å². The molecule has 0 radical (unpaired) electrons. The molecule has 0 aliphatic rings. The topological polar surface area (TPSA) is 31.5 Å². The van der Waals surface area contributed by atoms with Crippen molar-refractivity contribution in [3.05, 3.63) is 42.0 Å². The van der Waals surface area contributed by atoms with Gasteiger partial charge in [0.05, 0.1) is 0 Å². The van der Waals surface area contributed by atoms with E-state index in [1.165, 1.54) is 21.9 Å². The molecule has 0 spiro atoms. The van der Waals surface area contributed by atoms with Gasteiger partial charge in [0.15, 0.2) is 0 Å². The van der Waals surface area contributed by atoms with Crippen LogP contribution in [0.1, 0.15) is 5.56 Å². The first-order chi connectivity index (χ1) is 4.93. The number of allylic oxidation sites excluding steroid dienone is 1. The van der Waals surface area contributed by atoms with Crippen LogP contribution in [0.25, 0.3) is 6.08 Å². The highest BCUT2D eigenvalue weighted by Gasteiger charge is 1.79. The predicted molar refractivity (Wildman–Crippen MR) is 53.8 cm³/mol. The Hall–Kier alpha value is -0.863. The molecule has 1 rings (SSSR count). The quantitative estimate of drug-likeness (QED) is 0.578. The van der Waals surface area contributed by atoms with Crippen molar-refractivity contribution >= 4 is 16.3 Å². The van der Waals surface area contributed by atoms with Crippen LogP contribution < -0.4 is 0 Å². The molecule has 0 fully saturated rings. The molecular formula is C9H14OSi. The highest BCUT2D eigenvalue weighted by molar-refractivity contribution is 6.09. The molecule has 0 aliphatic heterocycles. The molecule has 0 saturated carbocycles. The molecule has 0 aliphatic carbocycles. The van der Waals surface area contributed by atoms with Gasteiger partial charge in [-0.25, -0.2) is 0 Å². The Morgan fingerprint density at radius 2 is 1.82 bits per heavy atom. The van der Waals surface area contributed by atoms with Gasteiger partial charge in [-0.15, -0.1) is 0 Å². The van der Waals surface area contributed by atoms with Gasteiger partial charge in [-0.1, -0.05) is 42.5 Å². The standard InChI is InChI=1S/C9H12Si.H2O/c10-8-4-7-9-5-2-1-3-6-9;/h1-7H,8H2,10H3;1H2. The second kappa shape index (κ2) is 5.89. The fourth-order valence-corrected chi connectivity index (χ4v) is 1.05. The maximum absolute atomic E-state index is 2.22. The third-order valence-electron chi connectivity index (χ3n) is 1.35. The van der Waals surface area contributed by atoms with Crippen molar-refractivity contribution in [3.8, 4) is 0 Å². The van der Waals surface area contributed by atoms with E-state index in [4.69, 9.17) is 0 Å². The van der Waals surface area contributed by atoms with Crippen molar-refractivity contribution in [3.63, 3.8) is 0 Å². The summed E-state index contributed by atoms with van der Waals surface area (Å²) >= 11 is 0. The summed E-state index contributed by atoms with van der Waals surface area (Å²) in [6.45, 7) is 0. The fraction of sp³-hybridized carbons (Fsp3) is 0.111. The predicted octanol–water partition coefficient (Wildman–Crippen LogP) is 0.659. The van der Waals surface area contributed by atoms with E-state index < -0.39 is 0 Å². The summed E-state index contributed by atoms with van der Waals surface area (Å²) in [4.78, 5) is 0. The molecule has 0 atom stereocenters. The zero-order valence-electron chi connectivity index (χ0n) is 6.75. The van der Waals surface area contributed by atoms with E-state index in [9.17, 15) is 0 Å². The van der Waals surface area contributed by atoms with Gasteiger partial charge in [-0.05, 0) is 11.6 Å². The third-order valence-corrected chi connectivity index (χ3v) is 1.82. The number of benzene rings is 1. The second-order valence-electron chi connectivity index (χ2n) is 2.22. The van der Waals surface area contributed by atoms with Crippen LogP contribution >= 0.6 is 0 Å². The summed E-state index contributed by atoms with van der Waals surface area (Å²) < 4.78 is 0.